The second-order valence-corrected chi connectivity index (χ2v) is 4.55. The molecule has 1 amide bonds. The van der Waals surface area contributed by atoms with Crippen molar-refractivity contribution in [2.75, 3.05) is 19.0 Å². The highest BCUT2D eigenvalue weighted by molar-refractivity contribution is 5.96. The number of methoxy groups -OCH3 is 1. The van der Waals surface area contributed by atoms with Crippen molar-refractivity contribution in [3.05, 3.63) is 23.8 Å². The first kappa shape index (κ1) is 14.3. The van der Waals surface area contributed by atoms with E-state index in [1.54, 1.807) is 6.07 Å². The van der Waals surface area contributed by atoms with E-state index in [0.717, 1.165) is 6.42 Å². The number of carboxylic acid groups (broad SMARTS) is 1. The Morgan fingerprint density at radius 2 is 2.20 bits per heavy atom. The van der Waals surface area contributed by atoms with Gasteiger partial charge >= 0.3 is 5.97 Å². The Morgan fingerprint density at radius 3 is 2.80 bits per heavy atom. The molecule has 0 aliphatic heterocycles. The van der Waals surface area contributed by atoms with E-state index in [1.165, 1.54) is 19.2 Å². The zero-order valence-electron chi connectivity index (χ0n) is 11.4. The molecule has 0 bridgehead atoms. The van der Waals surface area contributed by atoms with Crippen LogP contribution in [0, 0.1) is 5.92 Å². The molecule has 1 aromatic rings. The normalized spacial score (nSPS) is 20.3. The second kappa shape index (κ2) is 5.92. The molecule has 1 saturated carbocycles. The molecule has 6 heteroatoms. The minimum atomic E-state index is -1.07. The summed E-state index contributed by atoms with van der Waals surface area (Å²) in [5, 5.41) is 11.7. The number of hydrogen-bond donors (Lipinski definition) is 2. The lowest BCUT2D eigenvalue weighted by molar-refractivity contribution is -0.118. The van der Waals surface area contributed by atoms with E-state index in [4.69, 9.17) is 14.6 Å². The maximum atomic E-state index is 11.9. The Hall–Kier alpha value is -2.08. The van der Waals surface area contributed by atoms with Gasteiger partial charge in [0.25, 0.3) is 0 Å². The molecule has 20 heavy (non-hydrogen) atoms. The van der Waals surface area contributed by atoms with Gasteiger partial charge in [-0.25, -0.2) is 4.79 Å². The third-order valence-corrected chi connectivity index (χ3v) is 3.15. The monoisotopic (exact) mass is 279 g/mol. The molecular formula is C14H17NO5. The topological polar surface area (TPSA) is 84.9 Å². The average Bonchev–Trinajstić information content (AvgIpc) is 3.18. The van der Waals surface area contributed by atoms with Crippen molar-refractivity contribution >= 4 is 17.6 Å². The van der Waals surface area contributed by atoms with Crippen LogP contribution < -0.4 is 10.1 Å². The first-order valence-electron chi connectivity index (χ1n) is 6.40. The van der Waals surface area contributed by atoms with E-state index < -0.39 is 5.97 Å². The van der Waals surface area contributed by atoms with Crippen LogP contribution in [0.3, 0.4) is 0 Å². The molecule has 2 rings (SSSR count). The van der Waals surface area contributed by atoms with E-state index in [9.17, 15) is 9.59 Å². The van der Waals surface area contributed by atoms with Crippen LogP contribution in [0.15, 0.2) is 18.2 Å². The zero-order valence-corrected chi connectivity index (χ0v) is 11.4. The summed E-state index contributed by atoms with van der Waals surface area (Å²) in [6.07, 6.45) is 0.726. The smallest absolute Gasteiger partial charge is 0.339 e. The number of nitrogens with one attached hydrogen (secondary N) is 1. The van der Waals surface area contributed by atoms with Gasteiger partial charge in [0.15, 0.2) is 0 Å². The minimum Gasteiger partial charge on any atom is -0.496 e. The van der Waals surface area contributed by atoms with E-state index >= 15 is 0 Å². The third-order valence-electron chi connectivity index (χ3n) is 3.15. The Labute approximate surface area is 116 Å². The van der Waals surface area contributed by atoms with Crippen molar-refractivity contribution in [3.63, 3.8) is 0 Å². The van der Waals surface area contributed by atoms with Gasteiger partial charge in [0, 0.05) is 18.4 Å². The highest BCUT2D eigenvalue weighted by Crippen LogP contribution is 2.35. The number of hydrogen-bond acceptors (Lipinski definition) is 4. The van der Waals surface area contributed by atoms with Crippen molar-refractivity contribution in [1.29, 1.82) is 0 Å². The van der Waals surface area contributed by atoms with Gasteiger partial charge in [-0.05, 0) is 25.5 Å². The van der Waals surface area contributed by atoms with Gasteiger partial charge in [-0.2, -0.15) is 0 Å². The standard InChI is InChI=1S/C14H17NO5/c1-3-20-12-7-10(12)13(16)15-8-4-5-9(14(17)18)11(6-8)19-2/h4-6,10,12H,3,7H2,1-2H3,(H,15,16)(H,17,18)/t10-,12-/m1/s1. The van der Waals surface area contributed by atoms with E-state index in [-0.39, 0.29) is 29.2 Å². The zero-order chi connectivity index (χ0) is 14.7. The molecular weight excluding hydrogens is 262 g/mol. The number of benzene rings is 1. The van der Waals surface area contributed by atoms with Gasteiger partial charge in [0.2, 0.25) is 5.91 Å². The molecule has 1 aliphatic carbocycles. The quantitative estimate of drug-likeness (QED) is 0.828. The van der Waals surface area contributed by atoms with Crippen LogP contribution in [0.25, 0.3) is 0 Å². The van der Waals surface area contributed by atoms with E-state index in [1.807, 2.05) is 6.92 Å². The van der Waals surface area contributed by atoms with Gasteiger partial charge in [-0.15, -0.1) is 0 Å². The molecule has 0 heterocycles. The van der Waals surface area contributed by atoms with Gasteiger partial charge in [-0.3, -0.25) is 4.79 Å². The highest BCUT2D eigenvalue weighted by atomic mass is 16.5. The molecule has 108 valence electrons. The number of rotatable bonds is 6. The number of anilines is 1. The summed E-state index contributed by atoms with van der Waals surface area (Å²) in [6, 6.07) is 4.45. The van der Waals surface area contributed by atoms with Crippen LogP contribution in [-0.2, 0) is 9.53 Å². The SMILES string of the molecule is CCO[C@@H]1C[C@H]1C(=O)Nc1ccc(C(=O)O)c(OC)c1. The summed E-state index contributed by atoms with van der Waals surface area (Å²) in [6.45, 7) is 2.48. The lowest BCUT2D eigenvalue weighted by Crippen LogP contribution is -2.17. The average molecular weight is 279 g/mol. The summed E-state index contributed by atoms with van der Waals surface area (Å²) in [5.74, 6) is -1.10. The van der Waals surface area contributed by atoms with Crippen molar-refractivity contribution in [2.24, 2.45) is 5.92 Å². The molecule has 1 fully saturated rings. The first-order chi connectivity index (χ1) is 9.56. The largest absolute Gasteiger partial charge is 0.496 e. The fourth-order valence-corrected chi connectivity index (χ4v) is 2.03. The Morgan fingerprint density at radius 1 is 1.45 bits per heavy atom. The number of aromatic carboxylic acids is 1. The number of ether oxygens (including phenoxy) is 2. The summed E-state index contributed by atoms with van der Waals surface area (Å²) >= 11 is 0. The number of carbonyl (C=O) groups is 2. The van der Waals surface area contributed by atoms with Gasteiger partial charge in [0.1, 0.15) is 11.3 Å². The van der Waals surface area contributed by atoms with Gasteiger partial charge in [0.05, 0.1) is 19.1 Å². The highest BCUT2D eigenvalue weighted by Gasteiger charge is 2.43. The number of carboxylic acids is 1. The predicted octanol–water partition coefficient (Wildman–Crippen LogP) is 1.76. The molecule has 2 atom stereocenters. The minimum absolute atomic E-state index is 0.000174. The Bertz CT molecular complexity index is 528. The molecule has 0 aromatic heterocycles. The van der Waals surface area contributed by atoms with Crippen LogP contribution in [-0.4, -0.2) is 36.8 Å². The van der Waals surface area contributed by atoms with Crippen LogP contribution >= 0.6 is 0 Å². The number of amides is 1. The lowest BCUT2D eigenvalue weighted by atomic mass is 10.2. The van der Waals surface area contributed by atoms with E-state index in [2.05, 4.69) is 5.32 Å². The lowest BCUT2D eigenvalue weighted by Gasteiger charge is -2.09. The second-order valence-electron chi connectivity index (χ2n) is 4.55. The van der Waals surface area contributed by atoms with Crippen molar-refractivity contribution < 1.29 is 24.2 Å². The number of carbonyl (C=O) groups excluding carboxylic acids is 1. The maximum absolute atomic E-state index is 11.9. The molecule has 1 aliphatic rings. The van der Waals surface area contributed by atoms with E-state index in [0.29, 0.717) is 12.3 Å². The molecule has 0 unspecified atom stereocenters. The van der Waals surface area contributed by atoms with Crippen LogP contribution in [0.4, 0.5) is 5.69 Å². The summed E-state index contributed by atoms with van der Waals surface area (Å²) in [5.41, 5.74) is 0.572. The Kier molecular flexibility index (Phi) is 4.24. The molecule has 0 saturated heterocycles. The molecule has 2 N–H and O–H groups in total. The fourth-order valence-electron chi connectivity index (χ4n) is 2.03. The van der Waals surface area contributed by atoms with Crippen LogP contribution in [0.5, 0.6) is 5.75 Å². The first-order valence-corrected chi connectivity index (χ1v) is 6.40. The van der Waals surface area contributed by atoms with Gasteiger partial charge in [-0.1, -0.05) is 0 Å². The fraction of sp³-hybridized carbons (Fsp3) is 0.429. The van der Waals surface area contributed by atoms with Crippen molar-refractivity contribution in [1.82, 2.24) is 0 Å². The summed E-state index contributed by atoms with van der Waals surface area (Å²) in [7, 11) is 1.39. The van der Waals surface area contributed by atoms with Crippen LogP contribution in [0.2, 0.25) is 0 Å². The maximum Gasteiger partial charge on any atom is 0.339 e. The summed E-state index contributed by atoms with van der Waals surface area (Å²) < 4.78 is 10.4. The third kappa shape index (κ3) is 3.08. The molecule has 6 nitrogen and oxygen atoms in total. The predicted molar refractivity (Wildman–Crippen MR) is 72.1 cm³/mol. The van der Waals surface area contributed by atoms with Gasteiger partial charge < -0.3 is 19.9 Å². The molecule has 1 aromatic carbocycles. The molecule has 0 radical (unpaired) electrons. The van der Waals surface area contributed by atoms with Crippen molar-refractivity contribution in [2.45, 2.75) is 19.4 Å². The van der Waals surface area contributed by atoms with Crippen molar-refractivity contribution in [3.8, 4) is 5.75 Å². The van der Waals surface area contributed by atoms with Crippen LogP contribution in [0.1, 0.15) is 23.7 Å². The Balaban J connectivity index is 2.03. The molecule has 0 spiro atoms. The summed E-state index contributed by atoms with van der Waals surface area (Å²) in [4.78, 5) is 22.9.